The van der Waals surface area contributed by atoms with E-state index in [0.717, 1.165) is 6.26 Å². The number of nitrogens with zero attached hydrogens (tertiary/aromatic N) is 3. The van der Waals surface area contributed by atoms with E-state index < -0.39 is 9.84 Å². The van der Waals surface area contributed by atoms with E-state index in [1.807, 2.05) is 19.0 Å². The molecule has 0 spiro atoms. The lowest BCUT2D eigenvalue weighted by Crippen LogP contribution is -2.36. The Hall–Kier alpha value is -2.00. The molecule has 0 bridgehead atoms. The molecule has 6 nitrogen and oxygen atoms in total. The third-order valence-corrected chi connectivity index (χ3v) is 6.50. The quantitative estimate of drug-likeness (QED) is 0.589. The van der Waals surface area contributed by atoms with Gasteiger partial charge in [0.1, 0.15) is 5.52 Å². The van der Waals surface area contributed by atoms with E-state index in [9.17, 15) is 13.2 Å². The topological polar surface area (TPSA) is 70.6 Å². The minimum atomic E-state index is -3.43. The first-order valence-corrected chi connectivity index (χ1v) is 11.6. The molecular weight excluding hydrogens is 418 g/mol. The van der Waals surface area contributed by atoms with Gasteiger partial charge in [0.05, 0.1) is 9.60 Å². The first-order valence-electron chi connectivity index (χ1n) is 8.48. The monoisotopic (exact) mass is 437 g/mol. The molecule has 28 heavy (non-hydrogen) atoms. The highest BCUT2D eigenvalue weighted by Crippen LogP contribution is 2.33. The molecule has 3 aromatic rings. The summed E-state index contributed by atoms with van der Waals surface area (Å²) < 4.78 is 24.9. The number of likely N-dealkylation sites (N-methyl/N-ethyl adjacent to an activating group) is 1. The Morgan fingerprint density at radius 3 is 2.50 bits per heavy atom. The average molecular weight is 438 g/mol. The highest BCUT2D eigenvalue weighted by atomic mass is 35.5. The maximum absolute atomic E-state index is 13.2. The maximum Gasteiger partial charge on any atom is 0.260 e. The Bertz CT molecular complexity index is 1130. The van der Waals surface area contributed by atoms with E-state index in [-0.39, 0.29) is 10.8 Å². The smallest absolute Gasteiger partial charge is 0.260 e. The highest BCUT2D eigenvalue weighted by molar-refractivity contribution is 7.91. The van der Waals surface area contributed by atoms with Gasteiger partial charge >= 0.3 is 0 Å². The maximum atomic E-state index is 13.2. The van der Waals surface area contributed by atoms with Crippen LogP contribution in [0.15, 0.2) is 47.4 Å². The molecule has 0 N–H and O–H groups in total. The van der Waals surface area contributed by atoms with Gasteiger partial charge in [-0.2, -0.15) is 0 Å². The molecule has 0 saturated heterocycles. The van der Waals surface area contributed by atoms with E-state index in [1.165, 1.54) is 17.4 Å². The van der Waals surface area contributed by atoms with Crippen molar-refractivity contribution in [3.63, 3.8) is 0 Å². The van der Waals surface area contributed by atoms with Gasteiger partial charge in [-0.15, -0.1) is 0 Å². The van der Waals surface area contributed by atoms with Gasteiger partial charge in [-0.25, -0.2) is 13.4 Å². The van der Waals surface area contributed by atoms with Crippen LogP contribution in [-0.2, 0) is 9.84 Å². The number of hydrogen-bond acceptors (Lipinski definition) is 6. The predicted molar refractivity (Wildman–Crippen MR) is 114 cm³/mol. The van der Waals surface area contributed by atoms with Crippen LogP contribution >= 0.6 is 22.9 Å². The number of thiazole rings is 1. The van der Waals surface area contributed by atoms with Crippen LogP contribution in [0, 0.1) is 0 Å². The fourth-order valence-electron chi connectivity index (χ4n) is 2.69. The minimum Gasteiger partial charge on any atom is -0.308 e. The van der Waals surface area contributed by atoms with E-state index in [0.29, 0.717) is 39.0 Å². The molecule has 2 aromatic carbocycles. The number of halogens is 1. The van der Waals surface area contributed by atoms with E-state index >= 15 is 0 Å². The molecule has 1 aromatic heterocycles. The summed E-state index contributed by atoms with van der Waals surface area (Å²) in [5.74, 6) is -0.232. The third kappa shape index (κ3) is 4.52. The summed E-state index contributed by atoms with van der Waals surface area (Å²) in [6, 6.07) is 11.8. The summed E-state index contributed by atoms with van der Waals surface area (Å²) >= 11 is 7.34. The van der Waals surface area contributed by atoms with E-state index in [1.54, 1.807) is 41.3 Å². The van der Waals surface area contributed by atoms with Crippen LogP contribution in [0.25, 0.3) is 10.2 Å². The molecule has 0 aliphatic rings. The number of aromatic nitrogens is 1. The van der Waals surface area contributed by atoms with Gasteiger partial charge in [0.25, 0.3) is 5.91 Å². The van der Waals surface area contributed by atoms with Crippen molar-refractivity contribution in [1.82, 2.24) is 9.88 Å². The Balaban J connectivity index is 2.09. The van der Waals surface area contributed by atoms with Crippen LogP contribution in [0.1, 0.15) is 10.4 Å². The standard InChI is InChI=1S/C19H20ClN3O3S2/c1-22(2)10-11-23(18(24)13-6-4-7-14(20)12-13)19-21-17-15(27-19)8-5-9-16(17)28(3,25)26/h4-9,12H,10-11H2,1-3H3. The number of benzene rings is 2. The zero-order chi connectivity index (χ0) is 20.5. The molecule has 0 aliphatic heterocycles. The Morgan fingerprint density at radius 1 is 1.14 bits per heavy atom. The predicted octanol–water partition coefficient (Wildman–Crippen LogP) is 3.56. The van der Waals surface area contributed by atoms with Gasteiger partial charge in [-0.05, 0) is 44.4 Å². The van der Waals surface area contributed by atoms with Gasteiger partial charge in [0.2, 0.25) is 0 Å². The van der Waals surface area contributed by atoms with Gasteiger partial charge < -0.3 is 4.90 Å². The van der Waals surface area contributed by atoms with Crippen molar-refractivity contribution in [3.05, 3.63) is 53.1 Å². The van der Waals surface area contributed by atoms with Gasteiger partial charge in [-0.3, -0.25) is 9.69 Å². The van der Waals surface area contributed by atoms with Crippen molar-refractivity contribution in [2.45, 2.75) is 4.90 Å². The lowest BCUT2D eigenvalue weighted by atomic mass is 10.2. The molecule has 9 heteroatoms. The fourth-order valence-corrected chi connectivity index (χ4v) is 4.79. The summed E-state index contributed by atoms with van der Waals surface area (Å²) in [5, 5.41) is 0.931. The van der Waals surface area contributed by atoms with Crippen LogP contribution in [0.2, 0.25) is 5.02 Å². The summed E-state index contributed by atoms with van der Waals surface area (Å²) in [5.41, 5.74) is 0.840. The van der Waals surface area contributed by atoms with Crippen molar-refractivity contribution < 1.29 is 13.2 Å². The molecular formula is C19H20ClN3O3S2. The third-order valence-electron chi connectivity index (χ3n) is 4.09. The van der Waals surface area contributed by atoms with Crippen LogP contribution in [0.3, 0.4) is 0 Å². The second kappa shape index (κ2) is 8.16. The van der Waals surface area contributed by atoms with Crippen molar-refractivity contribution >= 4 is 54.0 Å². The number of rotatable bonds is 6. The molecule has 0 fully saturated rings. The van der Waals surface area contributed by atoms with Crippen molar-refractivity contribution in [2.75, 3.05) is 38.3 Å². The lowest BCUT2D eigenvalue weighted by Gasteiger charge is -2.22. The number of fused-ring (bicyclic) bond motifs is 1. The Labute approximate surface area is 173 Å². The number of carbonyl (C=O) groups is 1. The first kappa shape index (κ1) is 20.7. The number of anilines is 1. The van der Waals surface area contributed by atoms with Gasteiger partial charge in [0.15, 0.2) is 15.0 Å². The molecule has 1 heterocycles. The second-order valence-corrected chi connectivity index (χ2v) is 10.1. The summed E-state index contributed by atoms with van der Waals surface area (Å²) in [4.78, 5) is 21.4. The summed E-state index contributed by atoms with van der Waals surface area (Å²) in [6.07, 6.45) is 1.15. The molecule has 0 radical (unpaired) electrons. The number of carbonyl (C=O) groups excluding carboxylic acids is 1. The molecule has 1 amide bonds. The molecule has 0 unspecified atom stereocenters. The molecule has 0 atom stereocenters. The van der Waals surface area contributed by atoms with E-state index in [2.05, 4.69) is 4.98 Å². The SMILES string of the molecule is CN(C)CCN(C(=O)c1cccc(Cl)c1)c1nc2c(S(C)(=O)=O)cccc2s1. The number of amides is 1. The first-order chi connectivity index (χ1) is 13.2. The molecule has 148 valence electrons. The van der Waals surface area contributed by atoms with Crippen molar-refractivity contribution in [3.8, 4) is 0 Å². The zero-order valence-corrected chi connectivity index (χ0v) is 18.1. The molecule has 0 aliphatic carbocycles. The lowest BCUT2D eigenvalue weighted by molar-refractivity contribution is 0.0985. The number of sulfone groups is 1. The Morgan fingerprint density at radius 2 is 1.86 bits per heavy atom. The van der Waals surface area contributed by atoms with Crippen LogP contribution < -0.4 is 4.90 Å². The second-order valence-electron chi connectivity index (χ2n) is 6.64. The van der Waals surface area contributed by atoms with E-state index in [4.69, 9.17) is 11.6 Å². The summed E-state index contributed by atoms with van der Waals surface area (Å²) in [6.45, 7) is 1.04. The molecule has 0 saturated carbocycles. The normalized spacial score (nSPS) is 11.9. The summed E-state index contributed by atoms with van der Waals surface area (Å²) in [7, 11) is 0.407. The van der Waals surface area contributed by atoms with Crippen LogP contribution in [-0.4, -0.2) is 57.6 Å². The van der Waals surface area contributed by atoms with Gasteiger partial charge in [0, 0.05) is 29.9 Å². The van der Waals surface area contributed by atoms with Crippen LogP contribution in [0.5, 0.6) is 0 Å². The molecule has 3 rings (SSSR count). The average Bonchev–Trinajstić information content (AvgIpc) is 3.04. The largest absolute Gasteiger partial charge is 0.308 e. The Kier molecular flexibility index (Phi) is 6.04. The van der Waals surface area contributed by atoms with Crippen molar-refractivity contribution in [2.24, 2.45) is 0 Å². The van der Waals surface area contributed by atoms with Crippen molar-refractivity contribution in [1.29, 1.82) is 0 Å². The fraction of sp³-hybridized carbons (Fsp3) is 0.263. The number of hydrogen-bond donors (Lipinski definition) is 0. The van der Waals surface area contributed by atoms with Gasteiger partial charge in [-0.1, -0.05) is 35.1 Å². The highest BCUT2D eigenvalue weighted by Gasteiger charge is 2.23. The number of para-hydroxylation sites is 1. The van der Waals surface area contributed by atoms with Crippen LogP contribution in [0.4, 0.5) is 5.13 Å². The minimum absolute atomic E-state index is 0.162. The zero-order valence-electron chi connectivity index (χ0n) is 15.7.